The van der Waals surface area contributed by atoms with Gasteiger partial charge in [0, 0.05) is 32.2 Å². The normalized spacial score (nSPS) is 24.0. The van der Waals surface area contributed by atoms with Crippen LogP contribution in [0.1, 0.15) is 44.9 Å². The van der Waals surface area contributed by atoms with Crippen LogP contribution >= 0.6 is 0 Å². The molecule has 10 heteroatoms. The average molecular weight is 450 g/mol. The molecule has 0 bridgehead atoms. The van der Waals surface area contributed by atoms with Gasteiger partial charge in [0.1, 0.15) is 0 Å². The van der Waals surface area contributed by atoms with E-state index in [0.717, 1.165) is 25.7 Å². The number of hydrogen-bond donors (Lipinski definition) is 1. The summed E-state index contributed by atoms with van der Waals surface area (Å²) in [6, 6.07) is 0. The lowest BCUT2D eigenvalue weighted by Gasteiger charge is -2.12. The smallest absolute Gasteiger partial charge is 0.407 e. The number of fused-ring (bicyclic) bond motifs is 1. The molecule has 2 aliphatic carbocycles. The van der Waals surface area contributed by atoms with E-state index in [1.807, 2.05) is 0 Å². The molecule has 32 heavy (non-hydrogen) atoms. The number of ether oxygens (including phenoxy) is 3. The van der Waals surface area contributed by atoms with Crippen LogP contribution in [0.15, 0.2) is 0 Å². The number of carbonyl (C=O) groups is 4. The molecular formula is C22H30N2O8. The van der Waals surface area contributed by atoms with Gasteiger partial charge in [-0.3, -0.25) is 9.59 Å². The number of alkyl carbamates (subject to hydrolysis) is 1. The molecule has 3 aliphatic rings. The Morgan fingerprint density at radius 1 is 0.938 bits per heavy atom. The summed E-state index contributed by atoms with van der Waals surface area (Å²) in [6.07, 6.45) is 3.68. The van der Waals surface area contributed by atoms with Crippen LogP contribution in [0.5, 0.6) is 0 Å². The topological polar surface area (TPSA) is 120 Å². The quantitative estimate of drug-likeness (QED) is 0.267. The molecule has 0 unspecified atom stereocenters. The highest BCUT2D eigenvalue weighted by Gasteiger charge is 2.49. The Balaban J connectivity index is 1.11. The second-order valence-electron chi connectivity index (χ2n) is 7.97. The Morgan fingerprint density at radius 2 is 1.56 bits per heavy atom. The van der Waals surface area contributed by atoms with Gasteiger partial charge < -0.3 is 24.4 Å². The number of nitrogens with zero attached hydrogens (tertiary/aromatic N) is 1. The molecule has 0 aromatic heterocycles. The van der Waals surface area contributed by atoms with Crippen molar-refractivity contribution in [1.29, 1.82) is 0 Å². The third-order valence-electron chi connectivity index (χ3n) is 5.78. The molecule has 10 nitrogen and oxygen atoms in total. The molecule has 1 heterocycles. The maximum atomic E-state index is 11.8. The minimum atomic E-state index is -0.706. The molecule has 1 aliphatic heterocycles. The summed E-state index contributed by atoms with van der Waals surface area (Å²) >= 11 is 0. The molecular weight excluding hydrogens is 420 g/mol. The van der Waals surface area contributed by atoms with E-state index in [1.54, 1.807) is 0 Å². The second-order valence-corrected chi connectivity index (χ2v) is 7.97. The van der Waals surface area contributed by atoms with Crippen LogP contribution in [0.4, 0.5) is 4.79 Å². The van der Waals surface area contributed by atoms with Gasteiger partial charge in [-0.2, -0.15) is 0 Å². The zero-order valence-electron chi connectivity index (χ0n) is 18.1. The first kappa shape index (κ1) is 24.0. The third kappa shape index (κ3) is 7.50. The van der Waals surface area contributed by atoms with Gasteiger partial charge in [-0.25, -0.2) is 9.59 Å². The fourth-order valence-corrected chi connectivity index (χ4v) is 4.01. The monoisotopic (exact) mass is 450 g/mol. The predicted molar refractivity (Wildman–Crippen MR) is 109 cm³/mol. The van der Waals surface area contributed by atoms with Crippen molar-refractivity contribution in [3.63, 3.8) is 0 Å². The molecule has 0 spiro atoms. The fourth-order valence-electron chi connectivity index (χ4n) is 4.01. The zero-order valence-corrected chi connectivity index (χ0v) is 18.1. The van der Waals surface area contributed by atoms with Gasteiger partial charge in [-0.1, -0.05) is 0 Å². The van der Waals surface area contributed by atoms with Gasteiger partial charge in [0.15, 0.2) is 0 Å². The van der Waals surface area contributed by atoms with E-state index < -0.39 is 23.9 Å². The van der Waals surface area contributed by atoms with E-state index in [1.165, 1.54) is 0 Å². The zero-order chi connectivity index (χ0) is 22.8. The minimum absolute atomic E-state index is 0.0593. The van der Waals surface area contributed by atoms with Gasteiger partial charge in [-0.05, 0) is 30.6 Å². The average Bonchev–Trinajstić information content (AvgIpc) is 3.30. The number of carbonyl (C=O) groups excluding carboxylic acids is 4. The van der Waals surface area contributed by atoms with Gasteiger partial charge in [0.2, 0.25) is 0 Å². The van der Waals surface area contributed by atoms with E-state index in [0.29, 0.717) is 49.2 Å². The summed E-state index contributed by atoms with van der Waals surface area (Å²) in [7, 11) is 0. The van der Waals surface area contributed by atoms with Crippen LogP contribution in [0.3, 0.4) is 0 Å². The van der Waals surface area contributed by atoms with E-state index in [9.17, 15) is 19.2 Å². The third-order valence-corrected chi connectivity index (χ3v) is 5.78. The molecule has 1 saturated heterocycles. The molecule has 1 N–H and O–H groups in total. The Bertz CT molecular complexity index is 725. The van der Waals surface area contributed by atoms with Gasteiger partial charge in [0.25, 0.3) is 11.8 Å². The van der Waals surface area contributed by atoms with Crippen molar-refractivity contribution in [2.75, 3.05) is 39.6 Å². The summed E-state index contributed by atoms with van der Waals surface area (Å²) in [6.45, 7) is 1.73. The second kappa shape index (κ2) is 12.4. The lowest BCUT2D eigenvalue weighted by molar-refractivity contribution is -0.198. The molecule has 3 rings (SSSR count). The number of amides is 3. The van der Waals surface area contributed by atoms with Crippen LogP contribution < -0.4 is 5.32 Å². The molecule has 176 valence electrons. The van der Waals surface area contributed by atoms with Crippen LogP contribution in [-0.2, 0) is 33.4 Å². The van der Waals surface area contributed by atoms with E-state index in [4.69, 9.17) is 19.0 Å². The van der Waals surface area contributed by atoms with Gasteiger partial charge in [0.05, 0.1) is 39.5 Å². The molecule has 0 aromatic carbocycles. The fraction of sp³-hybridized carbons (Fsp3) is 0.727. The van der Waals surface area contributed by atoms with Crippen LogP contribution in [0, 0.1) is 29.6 Å². The molecule has 0 aromatic rings. The highest BCUT2D eigenvalue weighted by atomic mass is 16.7. The lowest BCUT2D eigenvalue weighted by Crippen LogP contribution is -2.32. The lowest BCUT2D eigenvalue weighted by atomic mass is 10.1. The van der Waals surface area contributed by atoms with E-state index in [-0.39, 0.29) is 32.5 Å². The van der Waals surface area contributed by atoms with Gasteiger partial charge in [-0.15, -0.1) is 16.9 Å². The van der Waals surface area contributed by atoms with E-state index in [2.05, 4.69) is 17.2 Å². The summed E-state index contributed by atoms with van der Waals surface area (Å²) in [5.41, 5.74) is 0. The standard InChI is InChI=1S/C22H30N2O8/c25-19-7-8-20(26)24(19)32-21(27)9-11-29-13-14-30-12-10-23-22(28)31-15-18-16-5-3-1-2-4-6-17(16)18/h16-18H,3-15H2,(H,23,28)/t16-,17+,18-. The van der Waals surface area contributed by atoms with Gasteiger partial charge >= 0.3 is 12.1 Å². The van der Waals surface area contributed by atoms with Crippen molar-refractivity contribution in [2.24, 2.45) is 17.8 Å². The maximum Gasteiger partial charge on any atom is 0.407 e. The van der Waals surface area contributed by atoms with Crippen molar-refractivity contribution in [2.45, 2.75) is 44.9 Å². The summed E-state index contributed by atoms with van der Waals surface area (Å²) < 4.78 is 15.9. The molecule has 0 radical (unpaired) electrons. The number of nitrogens with one attached hydrogen (secondary N) is 1. The van der Waals surface area contributed by atoms with E-state index >= 15 is 0 Å². The first-order chi connectivity index (χ1) is 15.6. The number of hydrogen-bond acceptors (Lipinski definition) is 8. The Kier molecular flexibility index (Phi) is 9.31. The molecule has 2 fully saturated rings. The van der Waals surface area contributed by atoms with Crippen LogP contribution in [0.25, 0.3) is 0 Å². The highest BCUT2D eigenvalue weighted by Crippen LogP contribution is 2.52. The summed E-state index contributed by atoms with van der Waals surface area (Å²) in [5.74, 6) is 6.36. The molecule has 3 amide bonds. The minimum Gasteiger partial charge on any atom is -0.449 e. The molecule has 3 atom stereocenters. The SMILES string of the molecule is O=C(CCOCCOCCNC(=O)OC[C@@H]1[C@@H]2CCC#CCC[C@@H]21)ON1C(=O)CCC1=O. The van der Waals surface area contributed by atoms with Crippen molar-refractivity contribution in [1.82, 2.24) is 10.4 Å². The first-order valence-electron chi connectivity index (χ1n) is 11.1. The van der Waals surface area contributed by atoms with Crippen LogP contribution in [0.2, 0.25) is 0 Å². The first-order valence-corrected chi connectivity index (χ1v) is 11.1. The van der Waals surface area contributed by atoms with Crippen molar-refractivity contribution >= 4 is 23.9 Å². The Labute approximate surface area is 187 Å². The van der Waals surface area contributed by atoms with Crippen molar-refractivity contribution in [3.8, 4) is 11.8 Å². The Hall–Kier alpha value is -2.64. The number of imide groups is 1. The summed E-state index contributed by atoms with van der Waals surface area (Å²) in [5, 5.41) is 3.17. The van der Waals surface area contributed by atoms with Crippen molar-refractivity contribution < 1.29 is 38.2 Å². The number of hydroxylamine groups is 2. The predicted octanol–water partition coefficient (Wildman–Crippen LogP) is 1.18. The Morgan fingerprint density at radius 3 is 2.22 bits per heavy atom. The maximum absolute atomic E-state index is 11.8. The summed E-state index contributed by atoms with van der Waals surface area (Å²) in [4.78, 5) is 50.8. The number of rotatable bonds is 12. The molecule has 1 saturated carbocycles. The highest BCUT2D eigenvalue weighted by molar-refractivity contribution is 6.01. The van der Waals surface area contributed by atoms with Crippen LogP contribution in [-0.4, -0.2) is 68.5 Å². The van der Waals surface area contributed by atoms with Crippen molar-refractivity contribution in [3.05, 3.63) is 0 Å². The largest absolute Gasteiger partial charge is 0.449 e.